The minimum atomic E-state index is -0.432. The molecule has 0 bridgehead atoms. The number of nitrogens with zero attached hydrogens (tertiary/aromatic N) is 1. The van der Waals surface area contributed by atoms with Crippen molar-refractivity contribution < 1.29 is 18.1 Å². The molecule has 1 aliphatic rings. The van der Waals surface area contributed by atoms with Crippen LogP contribution in [0.3, 0.4) is 0 Å². The van der Waals surface area contributed by atoms with Crippen LogP contribution in [0.15, 0.2) is 167 Å². The lowest BCUT2D eigenvalue weighted by Crippen LogP contribution is -2.41. The molecule has 0 saturated carbocycles. The molecule has 7 aromatic carbocycles. The third-order valence-electron chi connectivity index (χ3n) is 11.4. The summed E-state index contributed by atoms with van der Waals surface area (Å²) in [5, 5.41) is 4.49. The second kappa shape index (κ2) is 12.2. The zero-order valence-electron chi connectivity index (χ0n) is 30.7. The van der Waals surface area contributed by atoms with Gasteiger partial charge in [-0.1, -0.05) is 109 Å². The van der Waals surface area contributed by atoms with Gasteiger partial charge in [0.05, 0.1) is 11.2 Å². The van der Waals surface area contributed by atoms with Crippen LogP contribution >= 0.6 is 0 Å². The molecule has 1 saturated heterocycles. The fourth-order valence-corrected chi connectivity index (χ4v) is 7.74. The van der Waals surface area contributed by atoms with Gasteiger partial charge in [-0.25, -0.2) is 0 Å². The van der Waals surface area contributed by atoms with Gasteiger partial charge in [0.2, 0.25) is 0 Å². The van der Waals surface area contributed by atoms with Crippen LogP contribution in [0.4, 0.5) is 17.1 Å². The third kappa shape index (κ3) is 5.25. The van der Waals surface area contributed by atoms with Gasteiger partial charge in [-0.2, -0.15) is 0 Å². The van der Waals surface area contributed by atoms with Gasteiger partial charge in [0, 0.05) is 49.7 Å². The van der Waals surface area contributed by atoms with Gasteiger partial charge in [-0.15, -0.1) is 0 Å². The Bertz CT molecular complexity index is 2660. The largest absolute Gasteiger partial charge is 0.494 e. The quantitative estimate of drug-likeness (QED) is 0.161. The summed E-state index contributed by atoms with van der Waals surface area (Å²) in [6, 6.07) is 55.1. The normalized spacial score (nSPS) is 15.1. The molecule has 5 nitrogen and oxygen atoms in total. The Morgan fingerprint density at radius 1 is 0.407 bits per heavy atom. The second-order valence-corrected chi connectivity index (χ2v) is 15.2. The van der Waals surface area contributed by atoms with Crippen molar-refractivity contribution in [3.63, 3.8) is 0 Å². The van der Waals surface area contributed by atoms with E-state index < -0.39 is 18.3 Å². The molecule has 0 unspecified atom stereocenters. The van der Waals surface area contributed by atoms with E-state index in [0.717, 1.165) is 88.7 Å². The van der Waals surface area contributed by atoms with Gasteiger partial charge in [0.25, 0.3) is 0 Å². The van der Waals surface area contributed by atoms with E-state index in [1.54, 1.807) is 0 Å². The lowest BCUT2D eigenvalue weighted by Gasteiger charge is -2.32. The molecule has 3 heterocycles. The van der Waals surface area contributed by atoms with Crippen LogP contribution in [0.2, 0.25) is 0 Å². The smallest absolute Gasteiger partial charge is 0.455 e. The maximum absolute atomic E-state index is 6.39. The zero-order chi connectivity index (χ0) is 36.6. The summed E-state index contributed by atoms with van der Waals surface area (Å²) in [6.07, 6.45) is 0. The molecule has 1 fully saturated rings. The van der Waals surface area contributed by atoms with Crippen LogP contribution < -0.4 is 10.4 Å². The first-order valence-corrected chi connectivity index (χ1v) is 18.5. The maximum atomic E-state index is 6.39. The van der Waals surface area contributed by atoms with Gasteiger partial charge in [0.1, 0.15) is 22.3 Å². The highest BCUT2D eigenvalue weighted by Gasteiger charge is 2.51. The summed E-state index contributed by atoms with van der Waals surface area (Å²) >= 11 is 0. The van der Waals surface area contributed by atoms with Crippen LogP contribution in [0.5, 0.6) is 0 Å². The Hall–Kier alpha value is -6.08. The molecule has 2 aromatic heterocycles. The minimum Gasteiger partial charge on any atom is -0.455 e. The predicted molar refractivity (Wildman–Crippen MR) is 222 cm³/mol. The molecule has 0 amide bonds. The average molecular weight is 704 g/mol. The predicted octanol–water partition coefficient (Wildman–Crippen LogP) is 12.6. The minimum absolute atomic E-state index is 0.411. The summed E-state index contributed by atoms with van der Waals surface area (Å²) in [7, 11) is -0.432. The van der Waals surface area contributed by atoms with Crippen molar-refractivity contribution in [2.45, 2.75) is 38.9 Å². The number of hydrogen-bond donors (Lipinski definition) is 0. The van der Waals surface area contributed by atoms with Gasteiger partial charge in [0.15, 0.2) is 0 Å². The first kappa shape index (κ1) is 32.6. The van der Waals surface area contributed by atoms with E-state index in [1.807, 2.05) is 24.3 Å². The highest BCUT2D eigenvalue weighted by atomic mass is 16.7. The molecular formula is C48H38BNO4. The summed E-state index contributed by atoms with van der Waals surface area (Å²) in [4.78, 5) is 2.28. The molecule has 10 rings (SSSR count). The van der Waals surface area contributed by atoms with E-state index in [4.69, 9.17) is 18.1 Å². The number of furan rings is 2. The Kier molecular flexibility index (Phi) is 7.38. The molecule has 0 spiro atoms. The monoisotopic (exact) mass is 703 g/mol. The van der Waals surface area contributed by atoms with E-state index in [9.17, 15) is 0 Å². The van der Waals surface area contributed by atoms with Crippen LogP contribution in [0.1, 0.15) is 27.7 Å². The van der Waals surface area contributed by atoms with Crippen LogP contribution in [-0.2, 0) is 9.31 Å². The van der Waals surface area contributed by atoms with Crippen LogP contribution in [0.25, 0.3) is 66.1 Å². The SMILES string of the molecule is CC1(C)OB(c2ccc(N(c3ccc(-c4cccc5c4oc4ccccc45)cc3)c3ccc(-c4cccc5c4oc4ccccc45)cc3)cc2)OC1(C)C. The number of rotatable bonds is 6. The van der Waals surface area contributed by atoms with Gasteiger partial charge in [-0.05, 0) is 92.8 Å². The lowest BCUT2D eigenvalue weighted by molar-refractivity contribution is 0.00578. The molecule has 9 aromatic rings. The first-order valence-electron chi connectivity index (χ1n) is 18.5. The summed E-state index contributed by atoms with van der Waals surface area (Å²) in [6.45, 7) is 8.33. The van der Waals surface area contributed by atoms with Crippen LogP contribution in [-0.4, -0.2) is 18.3 Å². The van der Waals surface area contributed by atoms with E-state index in [0.29, 0.717) is 0 Å². The summed E-state index contributed by atoms with van der Waals surface area (Å²) < 4.78 is 25.5. The Balaban J connectivity index is 1.04. The molecule has 1 aliphatic heterocycles. The summed E-state index contributed by atoms with van der Waals surface area (Å²) in [5.74, 6) is 0. The molecule has 0 aliphatic carbocycles. The van der Waals surface area contributed by atoms with E-state index >= 15 is 0 Å². The van der Waals surface area contributed by atoms with Crippen molar-refractivity contribution in [1.82, 2.24) is 0 Å². The Labute approximate surface area is 314 Å². The van der Waals surface area contributed by atoms with Crippen molar-refractivity contribution in [2.24, 2.45) is 0 Å². The Morgan fingerprint density at radius 3 is 1.24 bits per heavy atom. The van der Waals surface area contributed by atoms with Crippen molar-refractivity contribution in [1.29, 1.82) is 0 Å². The van der Waals surface area contributed by atoms with Crippen molar-refractivity contribution in [3.05, 3.63) is 158 Å². The van der Waals surface area contributed by atoms with E-state index in [2.05, 4.69) is 166 Å². The van der Waals surface area contributed by atoms with Gasteiger partial charge < -0.3 is 23.0 Å². The molecule has 6 heteroatoms. The first-order chi connectivity index (χ1) is 26.2. The summed E-state index contributed by atoms with van der Waals surface area (Å²) in [5.41, 5.74) is 11.2. The van der Waals surface area contributed by atoms with Gasteiger partial charge in [-0.3, -0.25) is 0 Å². The highest BCUT2D eigenvalue weighted by Crippen LogP contribution is 2.41. The van der Waals surface area contributed by atoms with E-state index in [1.165, 1.54) is 0 Å². The number of anilines is 3. The fourth-order valence-electron chi connectivity index (χ4n) is 7.74. The van der Waals surface area contributed by atoms with Crippen molar-refractivity contribution in [2.75, 3.05) is 4.90 Å². The number of hydrogen-bond acceptors (Lipinski definition) is 5. The number of para-hydroxylation sites is 4. The standard InChI is InChI=1S/C48H38BNO4/c1-47(2)48(3,4)54-49(53-47)33-23-29-36(30-24-33)50(34-25-19-31(20-26-34)37-13-9-15-41-39-11-5-7-17-43(39)51-45(37)41)35-27-21-32(22-28-35)38-14-10-16-42-40-12-6-8-18-44(40)52-46(38)42/h5-30H,1-4H3. The van der Waals surface area contributed by atoms with Crippen LogP contribution in [0, 0.1) is 0 Å². The second-order valence-electron chi connectivity index (χ2n) is 15.2. The number of fused-ring (bicyclic) bond motifs is 6. The zero-order valence-corrected chi connectivity index (χ0v) is 30.7. The molecule has 0 radical (unpaired) electrons. The molecule has 0 N–H and O–H groups in total. The number of benzene rings is 7. The molecule has 262 valence electrons. The van der Waals surface area contributed by atoms with Gasteiger partial charge >= 0.3 is 7.12 Å². The molecule has 0 atom stereocenters. The maximum Gasteiger partial charge on any atom is 0.494 e. The Morgan fingerprint density at radius 2 is 0.796 bits per heavy atom. The lowest BCUT2D eigenvalue weighted by atomic mass is 9.79. The molecule has 54 heavy (non-hydrogen) atoms. The van der Waals surface area contributed by atoms with Crippen molar-refractivity contribution in [3.8, 4) is 22.3 Å². The van der Waals surface area contributed by atoms with E-state index in [-0.39, 0.29) is 0 Å². The topological polar surface area (TPSA) is 48.0 Å². The fraction of sp³-hybridized carbons (Fsp3) is 0.125. The molecular weight excluding hydrogens is 665 g/mol. The highest BCUT2D eigenvalue weighted by molar-refractivity contribution is 6.62. The van der Waals surface area contributed by atoms with Crippen molar-refractivity contribution >= 4 is 73.5 Å². The third-order valence-corrected chi connectivity index (χ3v) is 11.4. The average Bonchev–Trinajstić information content (AvgIpc) is 3.84.